The number of rotatable bonds is 10. The van der Waals surface area contributed by atoms with E-state index in [1.807, 2.05) is 36.4 Å². The number of ether oxygens (including phenoxy) is 2. The minimum atomic E-state index is -1.35. The summed E-state index contributed by atoms with van der Waals surface area (Å²) >= 11 is 0. The molecule has 2 aliphatic rings. The first kappa shape index (κ1) is 24.3. The Hall–Kier alpha value is -3.42. The fraction of sp³-hybridized carbons (Fsp3) is 0.345. The molecule has 0 aliphatic heterocycles. The molecule has 0 saturated heterocycles. The predicted octanol–water partition coefficient (Wildman–Crippen LogP) is 4.94. The lowest BCUT2D eigenvalue weighted by Crippen LogP contribution is -2.30. The summed E-state index contributed by atoms with van der Waals surface area (Å²) in [6, 6.07) is 20.1. The number of aliphatic hydroxyl groups is 2. The van der Waals surface area contributed by atoms with Crippen molar-refractivity contribution in [2.24, 2.45) is 5.92 Å². The Kier molecular flexibility index (Phi) is 7.20. The smallest absolute Gasteiger partial charge is 0.407 e. The monoisotopic (exact) mass is 491 g/mol. The maximum absolute atomic E-state index is 13.8. The average molecular weight is 492 g/mol. The van der Waals surface area contributed by atoms with Crippen LogP contribution in [0.15, 0.2) is 66.7 Å². The molecule has 0 bridgehead atoms. The van der Waals surface area contributed by atoms with Gasteiger partial charge in [0.1, 0.15) is 24.3 Å². The summed E-state index contributed by atoms with van der Waals surface area (Å²) in [6.45, 7) is 0.781. The van der Waals surface area contributed by atoms with Crippen molar-refractivity contribution in [3.05, 3.63) is 89.2 Å². The Morgan fingerprint density at radius 2 is 1.64 bits per heavy atom. The molecule has 2 unspecified atom stereocenters. The van der Waals surface area contributed by atoms with Crippen molar-refractivity contribution in [3.8, 4) is 16.9 Å². The van der Waals surface area contributed by atoms with Crippen LogP contribution in [0.1, 0.15) is 48.0 Å². The van der Waals surface area contributed by atoms with E-state index in [9.17, 15) is 19.4 Å². The summed E-state index contributed by atoms with van der Waals surface area (Å²) in [6.07, 6.45) is -0.905. The predicted molar refractivity (Wildman–Crippen MR) is 133 cm³/mol. The number of amides is 1. The van der Waals surface area contributed by atoms with Gasteiger partial charge >= 0.3 is 6.09 Å². The number of fused-ring (bicyclic) bond motifs is 3. The number of aliphatic hydroxyl groups excluding tert-OH is 2. The van der Waals surface area contributed by atoms with Gasteiger partial charge in [0.25, 0.3) is 0 Å². The fourth-order valence-electron chi connectivity index (χ4n) is 4.71. The first-order chi connectivity index (χ1) is 17.5. The van der Waals surface area contributed by atoms with Crippen molar-refractivity contribution >= 4 is 6.09 Å². The quantitative estimate of drug-likeness (QED) is 0.374. The third-order valence-electron chi connectivity index (χ3n) is 6.88. The molecule has 0 aromatic heterocycles. The van der Waals surface area contributed by atoms with Gasteiger partial charge in [0.05, 0.1) is 12.7 Å². The maximum atomic E-state index is 13.8. The van der Waals surface area contributed by atoms with Gasteiger partial charge in [-0.15, -0.1) is 0 Å². The van der Waals surface area contributed by atoms with Crippen LogP contribution < -0.4 is 10.1 Å². The van der Waals surface area contributed by atoms with Crippen LogP contribution in [0.25, 0.3) is 11.1 Å². The Balaban J connectivity index is 1.12. The molecule has 36 heavy (non-hydrogen) atoms. The molecular weight excluding hydrogens is 461 g/mol. The summed E-state index contributed by atoms with van der Waals surface area (Å²) in [5, 5.41) is 23.8. The Morgan fingerprint density at radius 3 is 2.31 bits per heavy atom. The lowest BCUT2D eigenvalue weighted by atomic mass is 9.98. The first-order valence-corrected chi connectivity index (χ1v) is 12.4. The molecule has 3 N–H and O–H groups in total. The second-order valence-corrected chi connectivity index (χ2v) is 9.49. The molecule has 1 amide bonds. The van der Waals surface area contributed by atoms with E-state index in [1.54, 1.807) is 0 Å². The van der Waals surface area contributed by atoms with E-state index in [2.05, 4.69) is 17.4 Å². The standard InChI is InChI=1S/C29H30FNO5/c30-19-11-12-27(35-16-18-9-10-18)24(15-19)28(33)26(32)13-14-31-29(34)36-17-25-22-7-3-1-5-20(22)21-6-2-4-8-23(21)25/h1-8,11-12,15,18,25-26,28,32-33H,9-10,13-14,16-17H2,(H,31,34). The highest BCUT2D eigenvalue weighted by molar-refractivity contribution is 5.79. The highest BCUT2D eigenvalue weighted by Gasteiger charge is 2.29. The molecule has 6 nitrogen and oxygen atoms in total. The van der Waals surface area contributed by atoms with E-state index in [1.165, 1.54) is 18.2 Å². The van der Waals surface area contributed by atoms with Crippen molar-refractivity contribution < 1.29 is 28.9 Å². The maximum Gasteiger partial charge on any atom is 0.407 e. The third kappa shape index (κ3) is 5.37. The summed E-state index contributed by atoms with van der Waals surface area (Å²) < 4.78 is 25.0. The number of alkyl carbamates (subject to hydrolysis) is 1. The van der Waals surface area contributed by atoms with E-state index in [-0.39, 0.29) is 31.1 Å². The number of halogens is 1. The second kappa shape index (κ2) is 10.7. The number of benzene rings is 3. The van der Waals surface area contributed by atoms with Crippen LogP contribution in [0.3, 0.4) is 0 Å². The van der Waals surface area contributed by atoms with Gasteiger partial charge in [-0.3, -0.25) is 0 Å². The van der Waals surface area contributed by atoms with Crippen molar-refractivity contribution in [1.82, 2.24) is 5.32 Å². The Bertz CT molecular complexity index is 1180. The van der Waals surface area contributed by atoms with Crippen LogP contribution >= 0.6 is 0 Å². The second-order valence-electron chi connectivity index (χ2n) is 9.49. The van der Waals surface area contributed by atoms with Crippen molar-refractivity contribution in [2.45, 2.75) is 37.4 Å². The topological polar surface area (TPSA) is 88.0 Å². The number of nitrogens with one attached hydrogen (secondary N) is 1. The van der Waals surface area contributed by atoms with Crippen LogP contribution in [-0.4, -0.2) is 42.2 Å². The fourth-order valence-corrected chi connectivity index (χ4v) is 4.71. The highest BCUT2D eigenvalue weighted by Crippen LogP contribution is 2.44. The SMILES string of the molecule is O=C(NCCC(O)C(O)c1cc(F)ccc1OCC1CC1)OCC1c2ccccc2-c2ccccc21. The molecule has 188 valence electrons. The lowest BCUT2D eigenvalue weighted by Gasteiger charge is -2.21. The zero-order valence-electron chi connectivity index (χ0n) is 19.9. The molecule has 5 rings (SSSR count). The molecule has 1 saturated carbocycles. The molecule has 2 aliphatic carbocycles. The zero-order chi connectivity index (χ0) is 25.1. The summed E-state index contributed by atoms with van der Waals surface area (Å²) in [5.41, 5.74) is 4.75. The van der Waals surface area contributed by atoms with Crippen molar-refractivity contribution in [1.29, 1.82) is 0 Å². The van der Waals surface area contributed by atoms with Gasteiger partial charge in [-0.25, -0.2) is 9.18 Å². The molecule has 2 atom stereocenters. The van der Waals surface area contributed by atoms with Gasteiger partial charge in [0, 0.05) is 18.0 Å². The number of carbonyl (C=O) groups is 1. The molecule has 1 fully saturated rings. The Labute approximate surface area is 209 Å². The minimum Gasteiger partial charge on any atom is -0.493 e. The van der Waals surface area contributed by atoms with E-state index < -0.39 is 24.1 Å². The van der Waals surface area contributed by atoms with E-state index in [4.69, 9.17) is 9.47 Å². The van der Waals surface area contributed by atoms with Crippen LogP contribution in [0.4, 0.5) is 9.18 Å². The van der Waals surface area contributed by atoms with Gasteiger partial charge in [-0.2, -0.15) is 0 Å². The molecule has 7 heteroatoms. The van der Waals surface area contributed by atoms with E-state index in [0.717, 1.165) is 35.1 Å². The van der Waals surface area contributed by atoms with Gasteiger partial charge in [-0.1, -0.05) is 48.5 Å². The summed E-state index contributed by atoms with van der Waals surface area (Å²) in [5.74, 6) is 0.287. The summed E-state index contributed by atoms with van der Waals surface area (Å²) in [4.78, 5) is 12.4. The van der Waals surface area contributed by atoms with Crippen molar-refractivity contribution in [2.75, 3.05) is 19.8 Å². The average Bonchev–Trinajstić information content (AvgIpc) is 3.67. The molecular formula is C29H30FNO5. The Morgan fingerprint density at radius 1 is 0.972 bits per heavy atom. The largest absolute Gasteiger partial charge is 0.493 e. The highest BCUT2D eigenvalue weighted by atomic mass is 19.1. The van der Waals surface area contributed by atoms with Crippen LogP contribution in [0.2, 0.25) is 0 Å². The number of carbonyl (C=O) groups excluding carboxylic acids is 1. The van der Waals surface area contributed by atoms with Crippen LogP contribution in [-0.2, 0) is 4.74 Å². The zero-order valence-corrected chi connectivity index (χ0v) is 19.9. The lowest BCUT2D eigenvalue weighted by molar-refractivity contribution is 0.0118. The first-order valence-electron chi connectivity index (χ1n) is 12.4. The van der Waals surface area contributed by atoms with Gasteiger partial charge in [0.15, 0.2) is 0 Å². The van der Waals surface area contributed by atoms with Gasteiger partial charge in [0.2, 0.25) is 0 Å². The number of hydrogen-bond acceptors (Lipinski definition) is 5. The molecule has 3 aromatic carbocycles. The van der Waals surface area contributed by atoms with E-state index >= 15 is 0 Å². The van der Waals surface area contributed by atoms with Gasteiger partial charge < -0.3 is 25.0 Å². The van der Waals surface area contributed by atoms with Crippen molar-refractivity contribution in [3.63, 3.8) is 0 Å². The van der Waals surface area contributed by atoms with Crippen LogP contribution in [0, 0.1) is 11.7 Å². The molecule has 3 aromatic rings. The van der Waals surface area contributed by atoms with E-state index in [0.29, 0.717) is 18.3 Å². The molecule has 0 radical (unpaired) electrons. The summed E-state index contributed by atoms with van der Waals surface area (Å²) in [7, 11) is 0. The van der Waals surface area contributed by atoms with Crippen LogP contribution in [0.5, 0.6) is 5.75 Å². The third-order valence-corrected chi connectivity index (χ3v) is 6.88. The normalized spacial score (nSPS) is 16.1. The number of hydrogen-bond donors (Lipinski definition) is 3. The van der Waals surface area contributed by atoms with Gasteiger partial charge in [-0.05, 0) is 65.6 Å². The minimum absolute atomic E-state index is 0.0439. The molecule has 0 heterocycles. The molecule has 0 spiro atoms.